The fraction of sp³-hybridized carbons (Fsp3) is 0.524. The van der Waals surface area contributed by atoms with Crippen LogP contribution in [0.3, 0.4) is 0 Å². The normalized spacial score (nSPS) is 14.6. The first kappa shape index (κ1) is 22.7. The molecule has 1 aromatic rings. The zero-order valence-corrected chi connectivity index (χ0v) is 16.9. The van der Waals surface area contributed by atoms with Gasteiger partial charge < -0.3 is 19.5 Å². The summed E-state index contributed by atoms with van der Waals surface area (Å²) < 4.78 is 16.5. The molecule has 1 N–H and O–H groups in total. The van der Waals surface area contributed by atoms with E-state index in [0.717, 1.165) is 5.56 Å². The van der Waals surface area contributed by atoms with Gasteiger partial charge >= 0.3 is 12.1 Å². The zero-order chi connectivity index (χ0) is 20.4. The SMILES string of the molecule is C=CCC(OCc1ccccc1)C(C)OC(=O)[C@H](C)NC(=O)OC(C)(C)C. The number of carbonyl (C=O) groups excluding carboxylic acids is 2. The van der Waals surface area contributed by atoms with Crippen molar-refractivity contribution in [2.24, 2.45) is 0 Å². The highest BCUT2D eigenvalue weighted by Gasteiger charge is 2.26. The van der Waals surface area contributed by atoms with Gasteiger partial charge in [0.1, 0.15) is 17.7 Å². The lowest BCUT2D eigenvalue weighted by Crippen LogP contribution is -2.44. The summed E-state index contributed by atoms with van der Waals surface area (Å²) >= 11 is 0. The van der Waals surface area contributed by atoms with Crippen LogP contribution in [0.5, 0.6) is 0 Å². The van der Waals surface area contributed by atoms with Crippen LogP contribution in [-0.4, -0.2) is 35.9 Å². The molecule has 0 heterocycles. The number of ether oxygens (including phenoxy) is 3. The molecule has 2 unspecified atom stereocenters. The molecule has 1 aromatic carbocycles. The third-order valence-electron chi connectivity index (χ3n) is 3.62. The maximum atomic E-state index is 12.3. The monoisotopic (exact) mass is 377 g/mol. The number of carbonyl (C=O) groups is 2. The lowest BCUT2D eigenvalue weighted by atomic mass is 10.1. The fourth-order valence-electron chi connectivity index (χ4n) is 2.24. The van der Waals surface area contributed by atoms with Gasteiger partial charge in [0.15, 0.2) is 0 Å². The second-order valence-electron chi connectivity index (χ2n) is 7.37. The van der Waals surface area contributed by atoms with Crippen LogP contribution < -0.4 is 5.32 Å². The summed E-state index contributed by atoms with van der Waals surface area (Å²) in [5.74, 6) is -0.550. The van der Waals surface area contributed by atoms with E-state index in [9.17, 15) is 9.59 Å². The van der Waals surface area contributed by atoms with Gasteiger partial charge in [0.05, 0.1) is 12.7 Å². The van der Waals surface area contributed by atoms with Crippen LogP contribution in [0.15, 0.2) is 43.0 Å². The van der Waals surface area contributed by atoms with Crippen LogP contribution in [0.2, 0.25) is 0 Å². The van der Waals surface area contributed by atoms with E-state index >= 15 is 0 Å². The molecule has 6 nitrogen and oxygen atoms in total. The second-order valence-corrected chi connectivity index (χ2v) is 7.37. The first-order valence-corrected chi connectivity index (χ1v) is 9.09. The Labute approximate surface area is 161 Å². The number of benzene rings is 1. The molecule has 1 amide bonds. The van der Waals surface area contributed by atoms with Crippen molar-refractivity contribution < 1.29 is 23.8 Å². The second kappa shape index (κ2) is 10.7. The Morgan fingerprint density at radius 2 is 1.81 bits per heavy atom. The van der Waals surface area contributed by atoms with Gasteiger partial charge in [-0.2, -0.15) is 0 Å². The van der Waals surface area contributed by atoms with Crippen LogP contribution in [0, 0.1) is 0 Å². The molecule has 3 atom stereocenters. The molecule has 27 heavy (non-hydrogen) atoms. The Morgan fingerprint density at radius 3 is 2.37 bits per heavy atom. The van der Waals surface area contributed by atoms with Crippen molar-refractivity contribution in [3.05, 3.63) is 48.6 Å². The standard InChI is InChI=1S/C21H31NO5/c1-7-11-18(25-14-17-12-9-8-10-13-17)16(3)26-19(23)15(2)22-20(24)27-21(4,5)6/h7-10,12-13,15-16,18H,1,11,14H2,2-6H3,(H,22,24)/t15-,16?,18?/m0/s1. The average molecular weight is 377 g/mol. The number of amides is 1. The minimum Gasteiger partial charge on any atom is -0.458 e. The number of alkyl carbamates (subject to hydrolysis) is 1. The van der Waals surface area contributed by atoms with Gasteiger partial charge in [-0.05, 0) is 46.6 Å². The third kappa shape index (κ3) is 9.24. The minimum absolute atomic E-state index is 0.333. The first-order valence-electron chi connectivity index (χ1n) is 9.09. The Morgan fingerprint density at radius 1 is 1.19 bits per heavy atom. The molecule has 0 saturated carbocycles. The Hall–Kier alpha value is -2.34. The van der Waals surface area contributed by atoms with Crippen molar-refractivity contribution in [2.45, 2.75) is 71.5 Å². The quantitative estimate of drug-likeness (QED) is 0.520. The van der Waals surface area contributed by atoms with Gasteiger partial charge in [0.2, 0.25) is 0 Å². The molecule has 6 heteroatoms. The summed E-state index contributed by atoms with van der Waals surface area (Å²) in [6, 6.07) is 8.92. The third-order valence-corrected chi connectivity index (χ3v) is 3.62. The predicted molar refractivity (Wildman–Crippen MR) is 104 cm³/mol. The summed E-state index contributed by atoms with van der Waals surface area (Å²) in [5.41, 5.74) is 0.395. The predicted octanol–water partition coefficient (Wildman–Crippen LogP) is 3.99. The molecule has 0 radical (unpaired) electrons. The molecule has 0 aliphatic carbocycles. The number of rotatable bonds is 9. The van der Waals surface area contributed by atoms with Crippen molar-refractivity contribution in [1.29, 1.82) is 0 Å². The van der Waals surface area contributed by atoms with Crippen molar-refractivity contribution in [3.63, 3.8) is 0 Å². The molecule has 0 saturated heterocycles. The van der Waals surface area contributed by atoms with Crippen LogP contribution >= 0.6 is 0 Å². The van der Waals surface area contributed by atoms with E-state index in [1.54, 1.807) is 40.7 Å². The summed E-state index contributed by atoms with van der Waals surface area (Å²) in [4.78, 5) is 24.0. The molecule has 150 valence electrons. The zero-order valence-electron chi connectivity index (χ0n) is 16.9. The summed E-state index contributed by atoms with van der Waals surface area (Å²) in [6.07, 6.45) is 0.766. The van der Waals surface area contributed by atoms with Crippen molar-refractivity contribution in [3.8, 4) is 0 Å². The highest BCUT2D eigenvalue weighted by Crippen LogP contribution is 2.14. The highest BCUT2D eigenvalue weighted by atomic mass is 16.6. The molecule has 1 rings (SSSR count). The van der Waals surface area contributed by atoms with Gasteiger partial charge in [0.25, 0.3) is 0 Å². The molecular weight excluding hydrogens is 346 g/mol. The van der Waals surface area contributed by atoms with Gasteiger partial charge in [-0.25, -0.2) is 9.59 Å². The van der Waals surface area contributed by atoms with Crippen LogP contribution in [0.4, 0.5) is 4.79 Å². The topological polar surface area (TPSA) is 73.9 Å². The summed E-state index contributed by atoms with van der Waals surface area (Å²) in [6.45, 7) is 12.7. The molecule has 0 aliphatic heterocycles. The van der Waals surface area contributed by atoms with Crippen molar-refractivity contribution in [2.75, 3.05) is 0 Å². The van der Waals surface area contributed by atoms with E-state index in [2.05, 4.69) is 11.9 Å². The van der Waals surface area contributed by atoms with E-state index in [4.69, 9.17) is 14.2 Å². The number of hydrogen-bond acceptors (Lipinski definition) is 5. The van der Waals surface area contributed by atoms with Crippen molar-refractivity contribution in [1.82, 2.24) is 5.32 Å². The number of hydrogen-bond donors (Lipinski definition) is 1. The van der Waals surface area contributed by atoms with E-state index < -0.39 is 29.8 Å². The molecule has 0 aromatic heterocycles. The van der Waals surface area contributed by atoms with Crippen molar-refractivity contribution >= 4 is 12.1 Å². The van der Waals surface area contributed by atoms with Crippen LogP contribution in [0.1, 0.15) is 46.6 Å². The Kier molecular flexibility index (Phi) is 9.02. The summed E-state index contributed by atoms with van der Waals surface area (Å²) in [5, 5.41) is 2.47. The van der Waals surface area contributed by atoms with E-state index in [-0.39, 0.29) is 6.10 Å². The summed E-state index contributed by atoms with van der Waals surface area (Å²) in [7, 11) is 0. The molecule has 0 bridgehead atoms. The Bertz CT molecular complexity index is 609. The maximum Gasteiger partial charge on any atom is 0.408 e. The largest absolute Gasteiger partial charge is 0.458 e. The maximum absolute atomic E-state index is 12.3. The smallest absolute Gasteiger partial charge is 0.408 e. The van der Waals surface area contributed by atoms with Gasteiger partial charge in [-0.1, -0.05) is 36.4 Å². The van der Waals surface area contributed by atoms with E-state index in [0.29, 0.717) is 13.0 Å². The lowest BCUT2D eigenvalue weighted by Gasteiger charge is -2.26. The number of esters is 1. The molecular formula is C21H31NO5. The first-order chi connectivity index (χ1) is 12.6. The molecule has 0 fully saturated rings. The van der Waals surface area contributed by atoms with Crippen LogP contribution in [-0.2, 0) is 25.6 Å². The van der Waals surface area contributed by atoms with Crippen LogP contribution in [0.25, 0.3) is 0 Å². The number of nitrogens with one attached hydrogen (secondary N) is 1. The minimum atomic E-state index is -0.833. The average Bonchev–Trinajstić information content (AvgIpc) is 2.57. The van der Waals surface area contributed by atoms with Gasteiger partial charge in [-0.3, -0.25) is 0 Å². The van der Waals surface area contributed by atoms with E-state index in [1.807, 2.05) is 30.3 Å². The fourth-order valence-corrected chi connectivity index (χ4v) is 2.24. The van der Waals surface area contributed by atoms with E-state index in [1.165, 1.54) is 0 Å². The lowest BCUT2D eigenvalue weighted by molar-refractivity contribution is -0.158. The van der Waals surface area contributed by atoms with Gasteiger partial charge in [-0.15, -0.1) is 6.58 Å². The van der Waals surface area contributed by atoms with Gasteiger partial charge in [0, 0.05) is 0 Å². The Balaban J connectivity index is 2.55. The highest BCUT2D eigenvalue weighted by molar-refractivity contribution is 5.81. The molecule has 0 spiro atoms. The molecule has 0 aliphatic rings.